The highest BCUT2D eigenvalue weighted by Crippen LogP contribution is 2.09. The molecule has 10 heteroatoms. The molecule has 27 heavy (non-hydrogen) atoms. The smallest absolute Gasteiger partial charge is 0.313 e. The van der Waals surface area contributed by atoms with E-state index in [-0.39, 0.29) is 44.9 Å². The summed E-state index contributed by atoms with van der Waals surface area (Å²) in [5.74, 6) is -7.01. The van der Waals surface area contributed by atoms with Crippen LogP contribution in [0.25, 0.3) is 0 Å². The average molecular weight is 388 g/mol. The number of ether oxygens (including phenoxy) is 2. The van der Waals surface area contributed by atoms with Crippen LogP contribution in [-0.2, 0) is 38.2 Å². The van der Waals surface area contributed by atoms with Crippen molar-refractivity contribution in [3.05, 3.63) is 0 Å². The lowest BCUT2D eigenvalue weighted by atomic mass is 10.1. The molecule has 2 N–H and O–H groups in total. The lowest BCUT2D eigenvalue weighted by Gasteiger charge is -2.06. The van der Waals surface area contributed by atoms with E-state index in [0.717, 1.165) is 0 Å². The third-order valence-electron chi connectivity index (χ3n) is 3.62. The van der Waals surface area contributed by atoms with Crippen molar-refractivity contribution < 1.29 is 48.5 Å². The summed E-state index contributed by atoms with van der Waals surface area (Å²) < 4.78 is 8.97. The van der Waals surface area contributed by atoms with E-state index in [4.69, 9.17) is 10.2 Å². The Morgan fingerprint density at radius 1 is 0.630 bits per heavy atom. The lowest BCUT2D eigenvalue weighted by Crippen LogP contribution is -2.17. The van der Waals surface area contributed by atoms with Crippen molar-refractivity contribution in [2.24, 2.45) is 11.8 Å². The number of carbonyl (C=O) groups excluding carboxylic acids is 4. The van der Waals surface area contributed by atoms with Crippen LogP contribution in [0.1, 0.15) is 58.8 Å². The highest BCUT2D eigenvalue weighted by atomic mass is 16.6. The summed E-state index contributed by atoms with van der Waals surface area (Å²) in [6.07, 6.45) is -0.865. The van der Waals surface area contributed by atoms with Crippen LogP contribution in [-0.4, -0.2) is 46.0 Å². The highest BCUT2D eigenvalue weighted by Gasteiger charge is 2.18. The van der Waals surface area contributed by atoms with Crippen LogP contribution in [0.5, 0.6) is 0 Å². The van der Waals surface area contributed by atoms with E-state index in [2.05, 4.69) is 9.47 Å². The summed E-state index contributed by atoms with van der Waals surface area (Å²) in [6, 6.07) is 0. The maximum Gasteiger partial charge on any atom is 0.313 e. The fourth-order valence-electron chi connectivity index (χ4n) is 1.75. The summed E-state index contributed by atoms with van der Waals surface area (Å²) in [6.45, 7) is 2.85. The van der Waals surface area contributed by atoms with Gasteiger partial charge in [0.05, 0.1) is 11.8 Å². The van der Waals surface area contributed by atoms with Gasteiger partial charge in [-0.3, -0.25) is 28.8 Å². The van der Waals surface area contributed by atoms with Crippen molar-refractivity contribution in [1.29, 1.82) is 0 Å². The van der Waals surface area contributed by atoms with E-state index in [9.17, 15) is 28.8 Å². The Hall–Kier alpha value is -2.78. The van der Waals surface area contributed by atoms with Crippen LogP contribution in [0.3, 0.4) is 0 Å². The molecule has 0 aliphatic carbocycles. The molecule has 0 aromatic rings. The number of carboxylic acid groups (broad SMARTS) is 2. The quantitative estimate of drug-likeness (QED) is 0.368. The first-order valence-corrected chi connectivity index (χ1v) is 8.45. The van der Waals surface area contributed by atoms with Crippen molar-refractivity contribution in [2.45, 2.75) is 58.8 Å². The summed E-state index contributed by atoms with van der Waals surface area (Å²) in [7, 11) is 0. The van der Waals surface area contributed by atoms with Crippen molar-refractivity contribution in [2.75, 3.05) is 0 Å². The molecule has 0 aromatic carbocycles. The Kier molecular flexibility index (Phi) is 11.3. The lowest BCUT2D eigenvalue weighted by molar-refractivity contribution is -0.160. The van der Waals surface area contributed by atoms with Gasteiger partial charge in [-0.1, -0.05) is 13.8 Å². The van der Waals surface area contributed by atoms with Crippen LogP contribution in [0.4, 0.5) is 0 Å². The second-order valence-corrected chi connectivity index (χ2v) is 6.10. The SMILES string of the molecule is CC(CCC(=O)OC(=O)CCCC(=O)OC(=O)CCC(C)C(=O)O)C(=O)O. The molecule has 152 valence electrons. The Balaban J connectivity index is 3.94. The molecule has 0 saturated carbocycles. The fraction of sp³-hybridized carbons (Fsp3) is 0.647. The fourth-order valence-corrected chi connectivity index (χ4v) is 1.75. The van der Waals surface area contributed by atoms with Gasteiger partial charge in [0.25, 0.3) is 0 Å². The number of rotatable bonds is 12. The third kappa shape index (κ3) is 12.2. The molecular formula is C17H24O10. The second kappa shape index (κ2) is 12.6. The van der Waals surface area contributed by atoms with E-state index in [1.807, 2.05) is 0 Å². The van der Waals surface area contributed by atoms with Gasteiger partial charge in [0.1, 0.15) is 0 Å². The Morgan fingerprint density at radius 3 is 1.22 bits per heavy atom. The number of esters is 4. The molecule has 0 saturated heterocycles. The zero-order valence-corrected chi connectivity index (χ0v) is 15.3. The first kappa shape index (κ1) is 24.2. The van der Waals surface area contributed by atoms with Gasteiger partial charge < -0.3 is 19.7 Å². The van der Waals surface area contributed by atoms with Gasteiger partial charge in [-0.2, -0.15) is 0 Å². The van der Waals surface area contributed by atoms with E-state index in [1.165, 1.54) is 13.8 Å². The van der Waals surface area contributed by atoms with Crippen molar-refractivity contribution >= 4 is 35.8 Å². The molecule has 0 rings (SSSR count). The van der Waals surface area contributed by atoms with E-state index in [1.54, 1.807) is 0 Å². The number of carboxylic acids is 2. The van der Waals surface area contributed by atoms with Crippen LogP contribution >= 0.6 is 0 Å². The minimum absolute atomic E-state index is 0.00468. The molecule has 0 aromatic heterocycles. The van der Waals surface area contributed by atoms with Gasteiger partial charge in [-0.25, -0.2) is 0 Å². The number of carbonyl (C=O) groups is 6. The number of hydrogen-bond donors (Lipinski definition) is 2. The largest absolute Gasteiger partial charge is 0.481 e. The standard InChI is InChI=1S/C17H24O10/c1-10(16(22)23)6-8-14(20)26-12(18)4-3-5-13(19)27-15(21)9-7-11(2)17(24)25/h10-11H,3-9H2,1-2H3,(H,22,23)(H,24,25). The monoisotopic (exact) mass is 388 g/mol. The number of hydrogen-bond acceptors (Lipinski definition) is 8. The summed E-state index contributed by atoms with van der Waals surface area (Å²) in [5, 5.41) is 17.4. The van der Waals surface area contributed by atoms with E-state index < -0.39 is 47.7 Å². The van der Waals surface area contributed by atoms with E-state index in [0.29, 0.717) is 0 Å². The Morgan fingerprint density at radius 2 is 0.926 bits per heavy atom. The van der Waals surface area contributed by atoms with Crippen molar-refractivity contribution in [3.63, 3.8) is 0 Å². The molecule has 0 aliphatic rings. The minimum Gasteiger partial charge on any atom is -0.481 e. The first-order valence-electron chi connectivity index (χ1n) is 8.45. The van der Waals surface area contributed by atoms with Gasteiger partial charge in [0, 0.05) is 25.7 Å². The zero-order valence-electron chi connectivity index (χ0n) is 15.3. The zero-order chi connectivity index (χ0) is 21.0. The molecule has 0 radical (unpaired) electrons. The topological polar surface area (TPSA) is 161 Å². The summed E-state index contributed by atoms with van der Waals surface area (Å²) in [4.78, 5) is 66.9. The van der Waals surface area contributed by atoms with Crippen LogP contribution in [0.15, 0.2) is 0 Å². The van der Waals surface area contributed by atoms with Crippen LogP contribution in [0.2, 0.25) is 0 Å². The van der Waals surface area contributed by atoms with E-state index >= 15 is 0 Å². The molecule has 0 aliphatic heterocycles. The predicted molar refractivity (Wildman–Crippen MR) is 88.1 cm³/mol. The maximum atomic E-state index is 11.4. The summed E-state index contributed by atoms with van der Waals surface area (Å²) in [5.41, 5.74) is 0. The predicted octanol–water partition coefficient (Wildman–Crippen LogP) is 1.30. The molecule has 0 heterocycles. The molecule has 0 bridgehead atoms. The van der Waals surface area contributed by atoms with Gasteiger partial charge in [-0.05, 0) is 19.3 Å². The molecule has 2 unspecified atom stereocenters. The normalized spacial score (nSPS) is 12.5. The van der Waals surface area contributed by atoms with Crippen molar-refractivity contribution in [3.8, 4) is 0 Å². The Labute approximate surface area is 155 Å². The molecule has 0 spiro atoms. The van der Waals surface area contributed by atoms with Gasteiger partial charge in [0.2, 0.25) is 0 Å². The third-order valence-corrected chi connectivity index (χ3v) is 3.62. The highest BCUT2D eigenvalue weighted by molar-refractivity contribution is 5.87. The first-order chi connectivity index (χ1) is 12.5. The molecule has 2 atom stereocenters. The second-order valence-electron chi connectivity index (χ2n) is 6.10. The van der Waals surface area contributed by atoms with Gasteiger partial charge in [-0.15, -0.1) is 0 Å². The Bertz CT molecular complexity index is 530. The number of aliphatic carboxylic acids is 2. The maximum absolute atomic E-state index is 11.4. The van der Waals surface area contributed by atoms with Gasteiger partial charge in [0.15, 0.2) is 0 Å². The molecule has 10 nitrogen and oxygen atoms in total. The molecular weight excluding hydrogens is 364 g/mol. The minimum atomic E-state index is -1.06. The molecule has 0 amide bonds. The van der Waals surface area contributed by atoms with Crippen LogP contribution in [0, 0.1) is 11.8 Å². The van der Waals surface area contributed by atoms with Crippen molar-refractivity contribution in [1.82, 2.24) is 0 Å². The molecule has 0 fully saturated rings. The average Bonchev–Trinajstić information content (AvgIpc) is 2.56. The van der Waals surface area contributed by atoms with Crippen LogP contribution < -0.4 is 0 Å². The summed E-state index contributed by atoms with van der Waals surface area (Å²) >= 11 is 0. The van der Waals surface area contributed by atoms with Gasteiger partial charge >= 0.3 is 35.8 Å².